The second-order valence-corrected chi connectivity index (χ2v) is 9.99. The average Bonchev–Trinajstić information content (AvgIpc) is 3.51. The Balaban J connectivity index is 1.33. The van der Waals surface area contributed by atoms with Gasteiger partial charge in [-0.25, -0.2) is 4.98 Å². The third kappa shape index (κ3) is 5.05. The Hall–Kier alpha value is -3.42. The van der Waals surface area contributed by atoms with Gasteiger partial charge >= 0.3 is 0 Å². The lowest BCUT2D eigenvalue weighted by Gasteiger charge is -2.11. The van der Waals surface area contributed by atoms with Crippen molar-refractivity contribution in [3.05, 3.63) is 112 Å². The molecule has 0 saturated heterocycles. The van der Waals surface area contributed by atoms with E-state index in [1.165, 1.54) is 11.1 Å². The number of benzene rings is 2. The minimum atomic E-state index is -0.0632. The zero-order valence-electron chi connectivity index (χ0n) is 18.8. The number of hydrogen-bond acceptors (Lipinski definition) is 5. The van der Waals surface area contributed by atoms with Crippen LogP contribution >= 0.6 is 23.1 Å². The standard InChI is InChI=1S/C27H24N4OS2/c1-19-5-2-3-6-22(19)18-34-27-30-24-12-13-28-16-25(24)31(27)17-20-8-10-21(11-9-20)26(32)29-15-23-7-4-14-33-23/h2-14,16H,15,17-18H2,1H3,(H,29,32). The van der Waals surface area contributed by atoms with Crippen LogP contribution in [-0.2, 0) is 18.8 Å². The Morgan fingerprint density at radius 1 is 1.06 bits per heavy atom. The van der Waals surface area contributed by atoms with Gasteiger partial charge in [0, 0.05) is 22.4 Å². The number of amides is 1. The summed E-state index contributed by atoms with van der Waals surface area (Å²) in [4.78, 5) is 22.8. The first-order chi connectivity index (χ1) is 16.7. The Bertz CT molecular complexity index is 1410. The van der Waals surface area contributed by atoms with Gasteiger partial charge in [-0.05, 0) is 53.3 Å². The maximum absolute atomic E-state index is 12.5. The number of nitrogens with zero attached hydrogens (tertiary/aromatic N) is 3. The van der Waals surface area contributed by atoms with Crippen LogP contribution in [0.4, 0.5) is 0 Å². The second-order valence-electron chi connectivity index (χ2n) is 8.02. The number of nitrogens with one attached hydrogen (secondary N) is 1. The van der Waals surface area contributed by atoms with Crippen molar-refractivity contribution in [1.82, 2.24) is 19.9 Å². The smallest absolute Gasteiger partial charge is 0.251 e. The van der Waals surface area contributed by atoms with Gasteiger partial charge in [0.15, 0.2) is 5.16 Å². The third-order valence-electron chi connectivity index (χ3n) is 5.69. The van der Waals surface area contributed by atoms with Crippen LogP contribution in [0.25, 0.3) is 11.0 Å². The number of carbonyl (C=O) groups excluding carboxylic acids is 1. The number of rotatable bonds is 8. The van der Waals surface area contributed by atoms with Crippen LogP contribution in [0.5, 0.6) is 0 Å². The summed E-state index contributed by atoms with van der Waals surface area (Å²) in [6, 6.07) is 22.2. The number of carbonyl (C=O) groups is 1. The first kappa shape index (κ1) is 22.4. The van der Waals surface area contributed by atoms with E-state index < -0.39 is 0 Å². The van der Waals surface area contributed by atoms with Gasteiger partial charge in [-0.3, -0.25) is 9.78 Å². The van der Waals surface area contributed by atoms with Crippen molar-refractivity contribution in [2.45, 2.75) is 30.9 Å². The number of aryl methyl sites for hydroxylation is 1. The van der Waals surface area contributed by atoms with Crippen LogP contribution in [0, 0.1) is 6.92 Å². The monoisotopic (exact) mass is 484 g/mol. The Labute approximate surface area is 206 Å². The number of thioether (sulfide) groups is 1. The minimum absolute atomic E-state index is 0.0632. The van der Waals surface area contributed by atoms with Crippen molar-refractivity contribution < 1.29 is 4.79 Å². The number of hydrogen-bond donors (Lipinski definition) is 1. The molecule has 7 heteroatoms. The summed E-state index contributed by atoms with van der Waals surface area (Å²) >= 11 is 3.37. The van der Waals surface area contributed by atoms with E-state index in [0.717, 1.165) is 32.4 Å². The molecule has 0 unspecified atom stereocenters. The SMILES string of the molecule is Cc1ccccc1CSc1nc2ccncc2n1Cc1ccc(C(=O)NCc2cccs2)cc1. The molecular weight excluding hydrogens is 460 g/mol. The van der Waals surface area contributed by atoms with Crippen LogP contribution in [0.3, 0.4) is 0 Å². The molecule has 3 heterocycles. The molecule has 0 atom stereocenters. The quantitative estimate of drug-likeness (QED) is 0.272. The van der Waals surface area contributed by atoms with E-state index in [2.05, 4.69) is 46.1 Å². The van der Waals surface area contributed by atoms with E-state index in [0.29, 0.717) is 18.7 Å². The minimum Gasteiger partial charge on any atom is -0.347 e. The summed E-state index contributed by atoms with van der Waals surface area (Å²) in [7, 11) is 0. The zero-order chi connectivity index (χ0) is 23.3. The largest absolute Gasteiger partial charge is 0.347 e. The van der Waals surface area contributed by atoms with Crippen LogP contribution in [0.2, 0.25) is 0 Å². The molecule has 5 aromatic rings. The van der Waals surface area contributed by atoms with Crippen LogP contribution < -0.4 is 5.32 Å². The number of thiophene rings is 1. The van der Waals surface area contributed by atoms with Crippen molar-refractivity contribution in [1.29, 1.82) is 0 Å². The molecule has 34 heavy (non-hydrogen) atoms. The van der Waals surface area contributed by atoms with Gasteiger partial charge in [-0.15, -0.1) is 11.3 Å². The van der Waals surface area contributed by atoms with Gasteiger partial charge in [0.1, 0.15) is 0 Å². The zero-order valence-corrected chi connectivity index (χ0v) is 20.4. The molecule has 5 nitrogen and oxygen atoms in total. The number of pyridine rings is 1. The van der Waals surface area contributed by atoms with Gasteiger partial charge in [0.05, 0.1) is 30.3 Å². The van der Waals surface area contributed by atoms with Gasteiger partial charge in [-0.2, -0.15) is 0 Å². The van der Waals surface area contributed by atoms with E-state index in [1.807, 2.05) is 54.0 Å². The average molecular weight is 485 g/mol. The van der Waals surface area contributed by atoms with E-state index in [-0.39, 0.29) is 5.91 Å². The molecule has 0 aliphatic rings. The number of fused-ring (bicyclic) bond motifs is 1. The predicted molar refractivity (Wildman–Crippen MR) is 139 cm³/mol. The molecule has 0 radical (unpaired) electrons. The molecule has 0 bridgehead atoms. The number of aromatic nitrogens is 3. The van der Waals surface area contributed by atoms with Crippen molar-refractivity contribution >= 4 is 40.0 Å². The molecule has 1 amide bonds. The molecule has 0 aliphatic heterocycles. The highest BCUT2D eigenvalue weighted by Crippen LogP contribution is 2.28. The van der Waals surface area contributed by atoms with Gasteiger partial charge < -0.3 is 9.88 Å². The molecule has 2 aromatic carbocycles. The van der Waals surface area contributed by atoms with Gasteiger partial charge in [-0.1, -0.05) is 54.2 Å². The Morgan fingerprint density at radius 3 is 2.71 bits per heavy atom. The van der Waals surface area contributed by atoms with Gasteiger partial charge in [0.2, 0.25) is 0 Å². The Morgan fingerprint density at radius 2 is 1.91 bits per heavy atom. The highest BCUT2D eigenvalue weighted by atomic mass is 32.2. The molecular formula is C27H24N4OS2. The van der Waals surface area contributed by atoms with Crippen LogP contribution in [-0.4, -0.2) is 20.4 Å². The van der Waals surface area contributed by atoms with Crippen molar-refractivity contribution in [2.75, 3.05) is 0 Å². The molecule has 1 N–H and O–H groups in total. The lowest BCUT2D eigenvalue weighted by Crippen LogP contribution is -2.22. The topological polar surface area (TPSA) is 59.8 Å². The fraction of sp³-hybridized carbons (Fsp3) is 0.148. The molecule has 0 saturated carbocycles. The Kier molecular flexibility index (Phi) is 6.74. The van der Waals surface area contributed by atoms with E-state index in [4.69, 9.17) is 4.98 Å². The number of imidazole rings is 1. The first-order valence-corrected chi connectivity index (χ1v) is 12.9. The molecule has 0 spiro atoms. The second kappa shape index (κ2) is 10.2. The van der Waals surface area contributed by atoms with Crippen molar-refractivity contribution in [3.63, 3.8) is 0 Å². The summed E-state index contributed by atoms with van der Waals surface area (Å²) in [5.74, 6) is 0.791. The fourth-order valence-electron chi connectivity index (χ4n) is 3.75. The van der Waals surface area contributed by atoms with E-state index in [1.54, 1.807) is 29.3 Å². The fourth-order valence-corrected chi connectivity index (χ4v) is 5.49. The summed E-state index contributed by atoms with van der Waals surface area (Å²) in [6.45, 7) is 3.35. The lowest BCUT2D eigenvalue weighted by atomic mass is 10.1. The summed E-state index contributed by atoms with van der Waals surface area (Å²) in [6.07, 6.45) is 3.64. The summed E-state index contributed by atoms with van der Waals surface area (Å²) < 4.78 is 2.21. The molecule has 0 fully saturated rings. The van der Waals surface area contributed by atoms with Crippen LogP contribution in [0.1, 0.15) is 31.9 Å². The van der Waals surface area contributed by atoms with Gasteiger partial charge in [0.25, 0.3) is 5.91 Å². The van der Waals surface area contributed by atoms with E-state index >= 15 is 0 Å². The summed E-state index contributed by atoms with van der Waals surface area (Å²) in [5, 5.41) is 5.96. The lowest BCUT2D eigenvalue weighted by molar-refractivity contribution is 0.0951. The van der Waals surface area contributed by atoms with E-state index in [9.17, 15) is 4.79 Å². The highest BCUT2D eigenvalue weighted by molar-refractivity contribution is 7.98. The normalized spacial score (nSPS) is 11.1. The highest BCUT2D eigenvalue weighted by Gasteiger charge is 2.13. The predicted octanol–water partition coefficient (Wildman–Crippen LogP) is 6.07. The maximum Gasteiger partial charge on any atom is 0.251 e. The molecule has 0 aliphatic carbocycles. The summed E-state index contributed by atoms with van der Waals surface area (Å²) in [5.41, 5.74) is 6.30. The third-order valence-corrected chi connectivity index (χ3v) is 7.60. The first-order valence-electron chi connectivity index (χ1n) is 11.0. The van der Waals surface area contributed by atoms with Crippen LogP contribution in [0.15, 0.2) is 89.7 Å². The van der Waals surface area contributed by atoms with Crippen molar-refractivity contribution in [2.24, 2.45) is 0 Å². The molecule has 5 rings (SSSR count). The maximum atomic E-state index is 12.5. The van der Waals surface area contributed by atoms with Crippen molar-refractivity contribution in [3.8, 4) is 0 Å². The molecule has 3 aromatic heterocycles. The molecule has 170 valence electrons.